The lowest BCUT2D eigenvalue weighted by Gasteiger charge is -2.30. The SMILES string of the molecule is CCCCC/C=C\C/C=C\C/C=C\C/C=C\CCCCCCCCCCCCCC(=O)OC(/C=C\CCCCCCCCCCC)C(COP(=O)([O-])OCC[N+](C)(C)C)NC(=O)CC/C=C/C/C=C\CCCCCCCC. The molecule has 0 bridgehead atoms. The van der Waals surface area contributed by atoms with Gasteiger partial charge < -0.3 is 28.5 Å². The van der Waals surface area contributed by atoms with E-state index in [4.69, 9.17) is 13.8 Å². The molecule has 0 heterocycles. The van der Waals surface area contributed by atoms with Crippen LogP contribution >= 0.6 is 7.82 Å². The van der Waals surface area contributed by atoms with E-state index in [1.165, 1.54) is 161 Å². The van der Waals surface area contributed by atoms with Gasteiger partial charge in [-0.15, -0.1) is 0 Å². The summed E-state index contributed by atoms with van der Waals surface area (Å²) in [6, 6.07) is -0.922. The molecule has 0 aliphatic carbocycles. The highest BCUT2D eigenvalue weighted by molar-refractivity contribution is 7.45. The molecule has 3 atom stereocenters. The van der Waals surface area contributed by atoms with E-state index in [0.717, 1.165) is 77.0 Å². The zero-order chi connectivity index (χ0) is 56.4. The zero-order valence-electron chi connectivity index (χ0n) is 50.9. The predicted octanol–water partition coefficient (Wildman–Crippen LogP) is 19.1. The summed E-state index contributed by atoms with van der Waals surface area (Å²) in [7, 11) is 1.15. The Bertz CT molecular complexity index is 1590. The third-order valence-electron chi connectivity index (χ3n) is 13.8. The fourth-order valence-corrected chi connectivity index (χ4v) is 9.57. The summed E-state index contributed by atoms with van der Waals surface area (Å²) >= 11 is 0. The van der Waals surface area contributed by atoms with Crippen LogP contribution < -0.4 is 10.2 Å². The smallest absolute Gasteiger partial charge is 0.306 e. The number of ether oxygens (including phenoxy) is 1. The van der Waals surface area contributed by atoms with Crippen molar-refractivity contribution in [2.24, 2.45) is 0 Å². The summed E-state index contributed by atoms with van der Waals surface area (Å²) in [5.74, 6) is -0.623. The normalized spacial score (nSPS) is 14.2. The monoisotopic (exact) mass is 1100 g/mol. The number of hydrogen-bond donors (Lipinski definition) is 1. The van der Waals surface area contributed by atoms with Crippen molar-refractivity contribution >= 4 is 19.7 Å². The molecule has 0 rings (SSSR count). The molecule has 0 aromatic carbocycles. The van der Waals surface area contributed by atoms with E-state index in [-0.39, 0.29) is 31.3 Å². The first-order valence-electron chi connectivity index (χ1n) is 31.9. The molecule has 0 fully saturated rings. The maximum absolute atomic E-state index is 13.5. The lowest BCUT2D eigenvalue weighted by molar-refractivity contribution is -0.870. The minimum absolute atomic E-state index is 0.0345. The van der Waals surface area contributed by atoms with Gasteiger partial charge in [0.2, 0.25) is 5.91 Å². The van der Waals surface area contributed by atoms with Crippen molar-refractivity contribution in [3.05, 3.63) is 85.1 Å². The summed E-state index contributed by atoms with van der Waals surface area (Å²) < 4.78 is 30.2. The first-order chi connectivity index (χ1) is 37.4. The number of likely N-dealkylation sites (N-methyl/N-ethyl adjacent to an activating group) is 1. The van der Waals surface area contributed by atoms with Crippen LogP contribution in [0.15, 0.2) is 85.1 Å². The van der Waals surface area contributed by atoms with Gasteiger partial charge in [-0.1, -0.05) is 254 Å². The van der Waals surface area contributed by atoms with Gasteiger partial charge in [0, 0.05) is 12.8 Å². The van der Waals surface area contributed by atoms with Gasteiger partial charge in [-0.2, -0.15) is 0 Å². The van der Waals surface area contributed by atoms with E-state index >= 15 is 0 Å². The quantitative estimate of drug-likeness (QED) is 0.0212. The molecule has 0 saturated carbocycles. The van der Waals surface area contributed by atoms with Crippen LogP contribution in [-0.4, -0.2) is 69.4 Å². The molecule has 0 radical (unpaired) electrons. The topological polar surface area (TPSA) is 114 Å². The second kappa shape index (κ2) is 56.5. The molecule has 0 aliphatic rings. The lowest BCUT2D eigenvalue weighted by atomic mass is 10.0. The maximum atomic E-state index is 13.5. The lowest BCUT2D eigenvalue weighted by Crippen LogP contribution is -2.47. The van der Waals surface area contributed by atoms with Crippen LogP contribution in [0.1, 0.15) is 278 Å². The fourth-order valence-electron chi connectivity index (χ4n) is 8.85. The van der Waals surface area contributed by atoms with Crippen LogP contribution in [-0.2, 0) is 27.9 Å². The average molecular weight is 1100 g/mol. The molecule has 446 valence electrons. The number of allylic oxidation sites excluding steroid dienone is 13. The Hall–Kier alpha value is -2.81. The molecule has 0 aromatic rings. The predicted molar refractivity (Wildman–Crippen MR) is 330 cm³/mol. The molecule has 10 heteroatoms. The third-order valence-corrected chi connectivity index (χ3v) is 14.8. The molecule has 1 N–H and O–H groups in total. The van der Waals surface area contributed by atoms with Crippen LogP contribution in [0, 0.1) is 0 Å². The number of phosphoric ester groups is 1. The van der Waals surface area contributed by atoms with Gasteiger partial charge in [0.25, 0.3) is 7.82 Å². The first-order valence-corrected chi connectivity index (χ1v) is 33.4. The van der Waals surface area contributed by atoms with E-state index in [2.05, 4.69) is 92.9 Å². The average Bonchev–Trinajstić information content (AvgIpc) is 3.39. The van der Waals surface area contributed by atoms with Crippen LogP contribution in [0.5, 0.6) is 0 Å². The standard InChI is InChI=1S/C67H121N2O7P/c1-7-10-13-16-19-22-25-27-28-29-30-31-32-33-34-35-36-37-38-39-40-42-45-48-51-54-57-60-67(71)76-65(58-55-52-49-46-43-24-21-18-15-12-9-3)64(63-75-77(72,73)74-62-61-69(4,5)6)68-66(70)59-56-53-50-47-44-41-26-23-20-17-14-11-8-2/h19,22,27-28,30-31,33-34,41,44,50,53,55,58,64-65H,7-18,20-21,23-26,29,32,35-40,42-43,45-49,51-52,54,56-57,59-63H2,1-6H3,(H-,68,70,72,73)/b22-19-,28-27-,31-30-,34-33-,44-41-,53-50+,58-55-. The number of amides is 1. The summed E-state index contributed by atoms with van der Waals surface area (Å²) in [5.41, 5.74) is 0. The number of carbonyl (C=O) groups excluding carboxylic acids is 2. The largest absolute Gasteiger partial charge is 0.756 e. The number of quaternary nitrogens is 1. The van der Waals surface area contributed by atoms with E-state index in [9.17, 15) is 19.0 Å². The molecule has 1 amide bonds. The van der Waals surface area contributed by atoms with Crippen molar-refractivity contribution in [2.45, 2.75) is 290 Å². The van der Waals surface area contributed by atoms with Crippen LogP contribution in [0.4, 0.5) is 0 Å². The number of esters is 1. The molecule has 0 spiro atoms. The van der Waals surface area contributed by atoms with Crippen molar-refractivity contribution in [3.8, 4) is 0 Å². The second-order valence-electron chi connectivity index (χ2n) is 22.6. The zero-order valence-corrected chi connectivity index (χ0v) is 51.8. The van der Waals surface area contributed by atoms with Crippen LogP contribution in [0.2, 0.25) is 0 Å². The van der Waals surface area contributed by atoms with Crippen molar-refractivity contribution in [3.63, 3.8) is 0 Å². The van der Waals surface area contributed by atoms with Crippen molar-refractivity contribution in [1.29, 1.82) is 0 Å². The molecular formula is C67H121N2O7P. The number of rotatable bonds is 57. The highest BCUT2D eigenvalue weighted by atomic mass is 31.2. The molecule has 0 saturated heterocycles. The van der Waals surface area contributed by atoms with Gasteiger partial charge >= 0.3 is 5.97 Å². The number of phosphoric acid groups is 1. The van der Waals surface area contributed by atoms with E-state index in [1.54, 1.807) is 0 Å². The highest BCUT2D eigenvalue weighted by Gasteiger charge is 2.27. The number of nitrogens with zero attached hydrogens (tertiary/aromatic N) is 1. The van der Waals surface area contributed by atoms with E-state index in [0.29, 0.717) is 17.4 Å². The molecule has 3 unspecified atom stereocenters. The summed E-state index contributed by atoms with van der Waals surface area (Å²) in [5, 5.41) is 2.98. The summed E-state index contributed by atoms with van der Waals surface area (Å²) in [6.07, 6.45) is 74.4. The summed E-state index contributed by atoms with van der Waals surface area (Å²) in [6.45, 7) is 6.75. The van der Waals surface area contributed by atoms with Gasteiger partial charge in [-0.3, -0.25) is 14.2 Å². The van der Waals surface area contributed by atoms with Gasteiger partial charge in [0.1, 0.15) is 19.3 Å². The highest BCUT2D eigenvalue weighted by Crippen LogP contribution is 2.38. The van der Waals surface area contributed by atoms with Crippen LogP contribution in [0.3, 0.4) is 0 Å². The van der Waals surface area contributed by atoms with E-state index < -0.39 is 26.6 Å². The van der Waals surface area contributed by atoms with Gasteiger partial charge in [-0.25, -0.2) is 0 Å². The molecular weight excluding hydrogens is 976 g/mol. The van der Waals surface area contributed by atoms with Crippen molar-refractivity contribution in [1.82, 2.24) is 5.32 Å². The minimum atomic E-state index is -4.71. The second-order valence-corrected chi connectivity index (χ2v) is 24.0. The number of carbonyl (C=O) groups is 2. The van der Waals surface area contributed by atoms with Crippen LogP contribution in [0.25, 0.3) is 0 Å². The van der Waals surface area contributed by atoms with Gasteiger partial charge in [0.15, 0.2) is 0 Å². The Morgan fingerprint density at radius 1 is 0.455 bits per heavy atom. The number of hydrogen-bond acceptors (Lipinski definition) is 7. The fraction of sp³-hybridized carbons (Fsp3) is 0.761. The van der Waals surface area contributed by atoms with Crippen molar-refractivity contribution < 1.29 is 37.3 Å². The minimum Gasteiger partial charge on any atom is -0.756 e. The number of nitrogens with one attached hydrogen (secondary N) is 1. The summed E-state index contributed by atoms with van der Waals surface area (Å²) in [4.78, 5) is 39.9. The van der Waals surface area contributed by atoms with E-state index in [1.807, 2.05) is 39.4 Å². The van der Waals surface area contributed by atoms with Gasteiger partial charge in [-0.05, 0) is 96.0 Å². The third kappa shape index (κ3) is 57.7. The molecule has 0 aromatic heterocycles. The molecule has 9 nitrogen and oxygen atoms in total. The molecule has 0 aliphatic heterocycles. The molecule has 77 heavy (non-hydrogen) atoms. The Morgan fingerprint density at radius 2 is 0.805 bits per heavy atom. The Kier molecular flexibility index (Phi) is 54.4. The number of unbranched alkanes of at least 4 members (excludes halogenated alkanes) is 29. The van der Waals surface area contributed by atoms with Crippen molar-refractivity contribution in [2.75, 3.05) is 40.9 Å². The first kappa shape index (κ1) is 74.2. The Labute approximate surface area is 476 Å². The maximum Gasteiger partial charge on any atom is 0.306 e. The Balaban J connectivity index is 5.09. The Morgan fingerprint density at radius 3 is 1.23 bits per heavy atom. The van der Waals surface area contributed by atoms with Gasteiger partial charge in [0.05, 0.1) is 33.8 Å².